The molecule has 0 N–H and O–H groups in total. The zero-order valence-electron chi connectivity index (χ0n) is 12.2. The van der Waals surface area contributed by atoms with Crippen molar-refractivity contribution in [1.82, 2.24) is 4.90 Å². The number of hydrogen-bond acceptors (Lipinski definition) is 2. The molecule has 20 heavy (non-hydrogen) atoms. The Balaban J connectivity index is 1.85. The van der Waals surface area contributed by atoms with Gasteiger partial charge in [0, 0.05) is 18.9 Å². The van der Waals surface area contributed by atoms with Crippen LogP contribution >= 0.6 is 0 Å². The average Bonchev–Trinajstić information content (AvgIpc) is 2.33. The van der Waals surface area contributed by atoms with Gasteiger partial charge in [-0.3, -0.25) is 4.79 Å². The van der Waals surface area contributed by atoms with E-state index in [4.69, 9.17) is 0 Å². The molecule has 2 nitrogen and oxygen atoms in total. The molecule has 2 rings (SSSR count). The summed E-state index contributed by atoms with van der Waals surface area (Å²) in [6.07, 6.45) is -2.02. The van der Waals surface area contributed by atoms with E-state index in [1.54, 1.807) is 0 Å². The third kappa shape index (κ3) is 3.74. The van der Waals surface area contributed by atoms with E-state index in [1.807, 2.05) is 0 Å². The fourth-order valence-corrected chi connectivity index (χ4v) is 3.70. The normalized spacial score (nSPS) is 34.5. The van der Waals surface area contributed by atoms with E-state index in [0.717, 1.165) is 6.42 Å². The van der Waals surface area contributed by atoms with Gasteiger partial charge in [-0.25, -0.2) is 0 Å². The maximum absolute atomic E-state index is 12.6. The molecule has 1 saturated carbocycles. The third-order valence-corrected chi connectivity index (χ3v) is 4.93. The lowest BCUT2D eigenvalue weighted by Gasteiger charge is -2.38. The van der Waals surface area contributed by atoms with Crippen molar-refractivity contribution < 1.29 is 18.0 Å². The minimum atomic E-state index is -4.06. The number of nitrogens with zero attached hydrogens (tertiary/aromatic N) is 1. The van der Waals surface area contributed by atoms with Crippen LogP contribution in [0.15, 0.2) is 0 Å². The van der Waals surface area contributed by atoms with Crippen molar-refractivity contribution >= 4 is 5.78 Å². The molecule has 5 heteroatoms. The molecule has 3 atom stereocenters. The molecule has 0 aromatic heterocycles. The van der Waals surface area contributed by atoms with Gasteiger partial charge in [0.2, 0.25) is 0 Å². The highest BCUT2D eigenvalue weighted by atomic mass is 19.4. The number of carbonyl (C=O) groups is 1. The van der Waals surface area contributed by atoms with Crippen LogP contribution in [0.3, 0.4) is 0 Å². The standard InChI is InChI=1S/C15H24F3NO/c1-10-7-11(2)13(14(20)8-10)9-19-5-3-12(4-6-19)15(16,17)18/h10-13H,3-9H2,1-2H3. The molecule has 1 aliphatic carbocycles. The Labute approximate surface area is 118 Å². The van der Waals surface area contributed by atoms with Crippen LogP contribution in [0, 0.1) is 23.7 Å². The van der Waals surface area contributed by atoms with Crippen molar-refractivity contribution in [2.75, 3.05) is 19.6 Å². The molecule has 0 bridgehead atoms. The lowest BCUT2D eigenvalue weighted by Crippen LogP contribution is -2.45. The molecule has 0 spiro atoms. The van der Waals surface area contributed by atoms with E-state index in [-0.39, 0.29) is 18.8 Å². The quantitative estimate of drug-likeness (QED) is 0.776. The van der Waals surface area contributed by atoms with Crippen molar-refractivity contribution in [3.8, 4) is 0 Å². The minimum absolute atomic E-state index is 0.0219. The Bertz CT molecular complexity index is 348. The predicted molar refractivity (Wildman–Crippen MR) is 71.3 cm³/mol. The van der Waals surface area contributed by atoms with Gasteiger partial charge in [-0.05, 0) is 44.2 Å². The SMILES string of the molecule is CC1CC(=O)C(CN2CCC(C(F)(F)F)CC2)C(C)C1. The first-order valence-electron chi connectivity index (χ1n) is 7.59. The lowest BCUT2D eigenvalue weighted by molar-refractivity contribution is -0.185. The van der Waals surface area contributed by atoms with Crippen LogP contribution < -0.4 is 0 Å². The van der Waals surface area contributed by atoms with Crippen LogP contribution in [-0.4, -0.2) is 36.5 Å². The summed E-state index contributed by atoms with van der Waals surface area (Å²) in [5, 5.41) is 0. The number of piperidine rings is 1. The van der Waals surface area contributed by atoms with Gasteiger partial charge in [-0.1, -0.05) is 13.8 Å². The Morgan fingerprint density at radius 3 is 2.30 bits per heavy atom. The summed E-state index contributed by atoms with van der Waals surface area (Å²) >= 11 is 0. The molecule has 1 heterocycles. The van der Waals surface area contributed by atoms with Crippen molar-refractivity contribution in [2.45, 2.75) is 45.7 Å². The van der Waals surface area contributed by atoms with Crippen LogP contribution in [-0.2, 0) is 4.79 Å². The number of Topliss-reactive ketones (excluding diaryl/α,β-unsaturated/α-hetero) is 1. The monoisotopic (exact) mass is 291 g/mol. The number of carbonyl (C=O) groups excluding carboxylic acids is 1. The van der Waals surface area contributed by atoms with Gasteiger partial charge in [0.15, 0.2) is 0 Å². The first-order chi connectivity index (χ1) is 9.27. The number of alkyl halides is 3. The highest BCUT2D eigenvalue weighted by molar-refractivity contribution is 5.82. The smallest absolute Gasteiger partial charge is 0.303 e. The molecule has 1 aliphatic heterocycles. The van der Waals surface area contributed by atoms with Crippen LogP contribution in [0.5, 0.6) is 0 Å². The van der Waals surface area contributed by atoms with Gasteiger partial charge in [0.1, 0.15) is 5.78 Å². The Hall–Kier alpha value is -0.580. The zero-order chi connectivity index (χ0) is 14.9. The van der Waals surface area contributed by atoms with Gasteiger partial charge < -0.3 is 4.90 Å². The van der Waals surface area contributed by atoms with Gasteiger partial charge in [-0.2, -0.15) is 13.2 Å². The molecule has 0 aromatic rings. The third-order valence-electron chi connectivity index (χ3n) is 4.93. The molecule has 2 aliphatic rings. The number of rotatable bonds is 2. The van der Waals surface area contributed by atoms with E-state index in [1.165, 1.54) is 0 Å². The first-order valence-corrected chi connectivity index (χ1v) is 7.59. The molecule has 0 amide bonds. The maximum Gasteiger partial charge on any atom is 0.391 e. The molecule has 0 aromatic carbocycles. The summed E-state index contributed by atoms with van der Waals surface area (Å²) < 4.78 is 37.9. The second-order valence-corrected chi connectivity index (χ2v) is 6.71. The van der Waals surface area contributed by atoms with Gasteiger partial charge in [-0.15, -0.1) is 0 Å². The number of hydrogen-bond donors (Lipinski definition) is 0. The number of halogens is 3. The topological polar surface area (TPSA) is 20.3 Å². The van der Waals surface area contributed by atoms with Gasteiger partial charge in [0.25, 0.3) is 0 Å². The molecule has 2 fully saturated rings. The summed E-state index contributed by atoms with van der Waals surface area (Å²) in [5.74, 6) is -0.0302. The fourth-order valence-electron chi connectivity index (χ4n) is 3.70. The van der Waals surface area contributed by atoms with E-state index in [9.17, 15) is 18.0 Å². The van der Waals surface area contributed by atoms with Crippen LogP contribution in [0.2, 0.25) is 0 Å². The summed E-state index contributed by atoms with van der Waals surface area (Å²) in [6, 6.07) is 0. The zero-order valence-corrected chi connectivity index (χ0v) is 12.2. The summed E-state index contributed by atoms with van der Waals surface area (Å²) in [7, 11) is 0. The summed E-state index contributed by atoms with van der Waals surface area (Å²) in [6.45, 7) is 5.78. The van der Waals surface area contributed by atoms with Crippen molar-refractivity contribution in [3.63, 3.8) is 0 Å². The number of likely N-dealkylation sites (tertiary alicyclic amines) is 1. The fraction of sp³-hybridized carbons (Fsp3) is 0.933. The van der Waals surface area contributed by atoms with Gasteiger partial charge in [0.05, 0.1) is 5.92 Å². The lowest BCUT2D eigenvalue weighted by atomic mass is 9.74. The van der Waals surface area contributed by atoms with Crippen molar-refractivity contribution in [1.29, 1.82) is 0 Å². The molecule has 3 unspecified atom stereocenters. The summed E-state index contributed by atoms with van der Waals surface area (Å²) in [5.41, 5.74) is 0. The largest absolute Gasteiger partial charge is 0.391 e. The van der Waals surface area contributed by atoms with E-state index < -0.39 is 12.1 Å². The van der Waals surface area contributed by atoms with Crippen LogP contribution in [0.4, 0.5) is 13.2 Å². The molecular formula is C15H24F3NO. The second kappa shape index (κ2) is 6.04. The van der Waals surface area contributed by atoms with Crippen LogP contribution in [0.1, 0.15) is 39.5 Å². The molecule has 1 saturated heterocycles. The average molecular weight is 291 g/mol. The molecule has 116 valence electrons. The van der Waals surface area contributed by atoms with E-state index in [2.05, 4.69) is 18.7 Å². The summed E-state index contributed by atoms with van der Waals surface area (Å²) in [4.78, 5) is 14.2. The van der Waals surface area contributed by atoms with Gasteiger partial charge >= 0.3 is 6.18 Å². The van der Waals surface area contributed by atoms with Crippen molar-refractivity contribution in [3.05, 3.63) is 0 Å². The first kappa shape index (κ1) is 15.8. The van der Waals surface area contributed by atoms with E-state index >= 15 is 0 Å². The highest BCUT2D eigenvalue weighted by Crippen LogP contribution is 2.36. The van der Waals surface area contributed by atoms with E-state index in [0.29, 0.717) is 43.7 Å². The molecule has 0 radical (unpaired) electrons. The van der Waals surface area contributed by atoms with Crippen LogP contribution in [0.25, 0.3) is 0 Å². The Kier molecular flexibility index (Phi) is 4.77. The number of ketones is 1. The predicted octanol–water partition coefficient (Wildman–Crippen LogP) is 3.51. The Morgan fingerprint density at radius 2 is 1.80 bits per heavy atom. The highest BCUT2D eigenvalue weighted by Gasteiger charge is 2.42. The van der Waals surface area contributed by atoms with Crippen molar-refractivity contribution in [2.24, 2.45) is 23.7 Å². The Morgan fingerprint density at radius 1 is 1.20 bits per heavy atom. The minimum Gasteiger partial charge on any atom is -0.303 e. The maximum atomic E-state index is 12.6. The second-order valence-electron chi connectivity index (χ2n) is 6.71. The molecular weight excluding hydrogens is 267 g/mol.